The lowest BCUT2D eigenvalue weighted by Crippen LogP contribution is -2.29. The van der Waals surface area contributed by atoms with E-state index in [4.69, 9.17) is 22.1 Å². The highest BCUT2D eigenvalue weighted by atomic mass is 35.5. The zero-order valence-corrected chi connectivity index (χ0v) is 11.5. The molecule has 3 heteroatoms. The van der Waals surface area contributed by atoms with E-state index in [1.165, 1.54) is 11.1 Å². The predicted molar refractivity (Wildman–Crippen MR) is 77.8 cm³/mol. The Balaban J connectivity index is 1.88. The fourth-order valence-electron chi connectivity index (χ4n) is 2.74. The molecule has 0 saturated heterocycles. The first-order valence-electron chi connectivity index (χ1n) is 6.37. The van der Waals surface area contributed by atoms with Gasteiger partial charge in [0.2, 0.25) is 0 Å². The minimum Gasteiger partial charge on any atom is -0.497 e. The van der Waals surface area contributed by atoms with Crippen molar-refractivity contribution in [1.82, 2.24) is 0 Å². The fraction of sp³-hybridized carbons (Fsp3) is 0.250. The van der Waals surface area contributed by atoms with Crippen LogP contribution in [0.1, 0.15) is 28.7 Å². The summed E-state index contributed by atoms with van der Waals surface area (Å²) in [5, 5.41) is 0.677. The molecule has 1 aliphatic rings. The van der Waals surface area contributed by atoms with Gasteiger partial charge in [0.15, 0.2) is 0 Å². The molecule has 0 aromatic heterocycles. The Morgan fingerprint density at radius 1 is 1.26 bits per heavy atom. The summed E-state index contributed by atoms with van der Waals surface area (Å²) >= 11 is 6.30. The predicted octanol–water partition coefficient (Wildman–Crippen LogP) is 3.69. The first-order chi connectivity index (χ1) is 9.20. The summed E-state index contributed by atoms with van der Waals surface area (Å²) in [5.41, 5.74) is 10.1. The maximum atomic E-state index is 6.38. The SMILES string of the molecule is COc1ccc(C(N)C2Cc3ccccc32)c(Cl)c1. The minimum absolute atomic E-state index is 0.0618. The van der Waals surface area contributed by atoms with E-state index in [1.54, 1.807) is 7.11 Å². The molecular weight excluding hydrogens is 258 g/mol. The number of hydrogen-bond acceptors (Lipinski definition) is 2. The number of halogens is 1. The van der Waals surface area contributed by atoms with E-state index in [0.29, 0.717) is 10.9 Å². The minimum atomic E-state index is -0.0618. The van der Waals surface area contributed by atoms with E-state index in [1.807, 2.05) is 18.2 Å². The molecule has 0 aliphatic heterocycles. The molecule has 2 aromatic rings. The van der Waals surface area contributed by atoms with Crippen LogP contribution in [0.15, 0.2) is 42.5 Å². The molecular formula is C16H16ClNO. The molecule has 0 saturated carbocycles. The summed E-state index contributed by atoms with van der Waals surface area (Å²) < 4.78 is 5.16. The summed E-state index contributed by atoms with van der Waals surface area (Å²) in [6.45, 7) is 0. The van der Waals surface area contributed by atoms with Crippen molar-refractivity contribution in [3.8, 4) is 5.75 Å². The smallest absolute Gasteiger partial charge is 0.120 e. The number of benzene rings is 2. The molecule has 0 bridgehead atoms. The summed E-state index contributed by atoms with van der Waals surface area (Å²) in [6.07, 6.45) is 1.03. The van der Waals surface area contributed by atoms with Crippen LogP contribution in [0.5, 0.6) is 5.75 Å². The van der Waals surface area contributed by atoms with Gasteiger partial charge in [-0.05, 0) is 35.2 Å². The molecule has 0 radical (unpaired) electrons. The molecule has 2 aromatic carbocycles. The number of fused-ring (bicyclic) bond motifs is 1. The molecule has 98 valence electrons. The molecule has 19 heavy (non-hydrogen) atoms. The van der Waals surface area contributed by atoms with Crippen LogP contribution >= 0.6 is 11.6 Å². The van der Waals surface area contributed by atoms with Gasteiger partial charge in [0.1, 0.15) is 5.75 Å². The molecule has 1 aliphatic carbocycles. The van der Waals surface area contributed by atoms with Gasteiger partial charge in [-0.25, -0.2) is 0 Å². The maximum Gasteiger partial charge on any atom is 0.120 e. The second-order valence-electron chi connectivity index (χ2n) is 4.92. The monoisotopic (exact) mass is 273 g/mol. The van der Waals surface area contributed by atoms with Crippen molar-refractivity contribution in [2.24, 2.45) is 5.73 Å². The van der Waals surface area contributed by atoms with Crippen LogP contribution in [0.2, 0.25) is 5.02 Å². The lowest BCUT2D eigenvalue weighted by Gasteiger charge is -2.35. The van der Waals surface area contributed by atoms with Crippen LogP contribution in [0, 0.1) is 0 Å². The van der Waals surface area contributed by atoms with Crippen molar-refractivity contribution in [3.63, 3.8) is 0 Å². The van der Waals surface area contributed by atoms with Crippen molar-refractivity contribution in [3.05, 3.63) is 64.2 Å². The van der Waals surface area contributed by atoms with Gasteiger partial charge in [0, 0.05) is 17.0 Å². The molecule has 2 unspecified atom stereocenters. The van der Waals surface area contributed by atoms with E-state index in [0.717, 1.165) is 17.7 Å². The van der Waals surface area contributed by atoms with Gasteiger partial charge in [-0.1, -0.05) is 41.9 Å². The Morgan fingerprint density at radius 2 is 2.05 bits per heavy atom. The zero-order valence-electron chi connectivity index (χ0n) is 10.8. The van der Waals surface area contributed by atoms with Gasteiger partial charge in [0.25, 0.3) is 0 Å². The Morgan fingerprint density at radius 3 is 2.74 bits per heavy atom. The number of rotatable bonds is 3. The molecule has 0 fully saturated rings. The van der Waals surface area contributed by atoms with Gasteiger partial charge in [-0.3, -0.25) is 0 Å². The van der Waals surface area contributed by atoms with Gasteiger partial charge >= 0.3 is 0 Å². The fourth-order valence-corrected chi connectivity index (χ4v) is 3.04. The highest BCUT2D eigenvalue weighted by Gasteiger charge is 2.32. The largest absolute Gasteiger partial charge is 0.497 e. The van der Waals surface area contributed by atoms with E-state index < -0.39 is 0 Å². The zero-order chi connectivity index (χ0) is 13.4. The van der Waals surface area contributed by atoms with Crippen molar-refractivity contribution in [2.45, 2.75) is 18.4 Å². The number of ether oxygens (including phenoxy) is 1. The number of nitrogens with two attached hydrogens (primary N) is 1. The maximum absolute atomic E-state index is 6.38. The van der Waals surface area contributed by atoms with Crippen LogP contribution in [-0.4, -0.2) is 7.11 Å². The average molecular weight is 274 g/mol. The van der Waals surface area contributed by atoms with Gasteiger partial charge in [-0.2, -0.15) is 0 Å². The lowest BCUT2D eigenvalue weighted by atomic mass is 9.72. The van der Waals surface area contributed by atoms with Crippen LogP contribution in [0.25, 0.3) is 0 Å². The van der Waals surface area contributed by atoms with Crippen molar-refractivity contribution < 1.29 is 4.74 Å². The Hall–Kier alpha value is -1.51. The Kier molecular flexibility index (Phi) is 3.21. The first-order valence-corrected chi connectivity index (χ1v) is 6.75. The van der Waals surface area contributed by atoms with Gasteiger partial charge in [0.05, 0.1) is 7.11 Å². The molecule has 2 N–H and O–H groups in total. The second-order valence-corrected chi connectivity index (χ2v) is 5.33. The quantitative estimate of drug-likeness (QED) is 0.926. The third-order valence-electron chi connectivity index (χ3n) is 3.89. The van der Waals surface area contributed by atoms with Gasteiger partial charge in [-0.15, -0.1) is 0 Å². The third kappa shape index (κ3) is 2.11. The number of hydrogen-bond donors (Lipinski definition) is 1. The Labute approximate surface area is 118 Å². The molecule has 0 amide bonds. The van der Waals surface area contributed by atoms with Crippen LogP contribution in [0.3, 0.4) is 0 Å². The van der Waals surface area contributed by atoms with Crippen LogP contribution in [0.4, 0.5) is 0 Å². The van der Waals surface area contributed by atoms with Crippen LogP contribution < -0.4 is 10.5 Å². The van der Waals surface area contributed by atoms with E-state index >= 15 is 0 Å². The van der Waals surface area contributed by atoms with E-state index in [9.17, 15) is 0 Å². The molecule has 0 heterocycles. The highest BCUT2D eigenvalue weighted by Crippen LogP contribution is 2.43. The van der Waals surface area contributed by atoms with E-state index in [-0.39, 0.29) is 6.04 Å². The summed E-state index contributed by atoms with van der Waals surface area (Å²) in [4.78, 5) is 0. The van der Waals surface area contributed by atoms with Crippen molar-refractivity contribution in [1.29, 1.82) is 0 Å². The topological polar surface area (TPSA) is 35.2 Å². The van der Waals surface area contributed by atoms with Crippen LogP contribution in [-0.2, 0) is 6.42 Å². The normalized spacial score (nSPS) is 18.4. The lowest BCUT2D eigenvalue weighted by molar-refractivity contribution is 0.414. The highest BCUT2D eigenvalue weighted by molar-refractivity contribution is 6.31. The van der Waals surface area contributed by atoms with E-state index in [2.05, 4.69) is 24.3 Å². The van der Waals surface area contributed by atoms with Crippen molar-refractivity contribution >= 4 is 11.6 Å². The first kappa shape index (κ1) is 12.5. The standard InChI is InChI=1S/C16H16ClNO/c1-19-11-6-7-13(15(17)9-11)16(18)14-8-10-4-2-3-5-12(10)14/h2-7,9,14,16H,8,18H2,1H3. The van der Waals surface area contributed by atoms with Crippen molar-refractivity contribution in [2.75, 3.05) is 7.11 Å². The summed E-state index contributed by atoms with van der Waals surface area (Å²) in [7, 11) is 1.63. The molecule has 2 atom stereocenters. The Bertz CT molecular complexity index is 611. The second kappa shape index (κ2) is 4.87. The molecule has 0 spiro atoms. The summed E-state index contributed by atoms with van der Waals surface area (Å²) in [5.74, 6) is 1.12. The number of methoxy groups -OCH3 is 1. The van der Waals surface area contributed by atoms with Gasteiger partial charge < -0.3 is 10.5 Å². The average Bonchev–Trinajstić information content (AvgIpc) is 2.39. The molecule has 3 rings (SSSR count). The molecule has 2 nitrogen and oxygen atoms in total. The third-order valence-corrected chi connectivity index (χ3v) is 4.22. The summed E-state index contributed by atoms with van der Waals surface area (Å²) in [6, 6.07) is 14.1.